The number of ketones is 2. The van der Waals surface area contributed by atoms with Crippen LogP contribution in [0.1, 0.15) is 221 Å². The summed E-state index contributed by atoms with van der Waals surface area (Å²) in [5.74, 6) is 3.73. The van der Waals surface area contributed by atoms with E-state index in [0.29, 0.717) is 35.2 Å². The van der Waals surface area contributed by atoms with E-state index < -0.39 is 0 Å². The molecule has 4 nitrogen and oxygen atoms in total. The molecule has 1 aliphatic carbocycles. The zero-order valence-corrected chi connectivity index (χ0v) is 36.8. The summed E-state index contributed by atoms with van der Waals surface area (Å²) in [6, 6.07) is 0. The van der Waals surface area contributed by atoms with Crippen LogP contribution in [0, 0.1) is 35.5 Å². The predicted octanol–water partition coefficient (Wildman–Crippen LogP) is 14.3. The van der Waals surface area contributed by atoms with Gasteiger partial charge in [0, 0.05) is 44.4 Å². The van der Waals surface area contributed by atoms with Gasteiger partial charge in [0.2, 0.25) is 0 Å². The third kappa shape index (κ3) is 22.0. The van der Waals surface area contributed by atoms with Gasteiger partial charge in [-0.2, -0.15) is 0 Å². The molecular formula is C48H89NO3S. The lowest BCUT2D eigenvalue weighted by atomic mass is 9.79. The van der Waals surface area contributed by atoms with Gasteiger partial charge >= 0.3 is 0 Å². The summed E-state index contributed by atoms with van der Waals surface area (Å²) in [7, 11) is 0. The van der Waals surface area contributed by atoms with Crippen LogP contribution in [0.15, 0.2) is 12.2 Å². The van der Waals surface area contributed by atoms with Gasteiger partial charge in [0.15, 0.2) is 0 Å². The van der Waals surface area contributed by atoms with Crippen LogP contribution in [0.2, 0.25) is 0 Å². The number of hydrogen-bond donors (Lipinski definition) is 1. The second kappa shape index (κ2) is 31.4. The lowest BCUT2D eigenvalue weighted by Crippen LogP contribution is -2.32. The Balaban J connectivity index is 1.95. The summed E-state index contributed by atoms with van der Waals surface area (Å²) in [6.45, 7) is 14.0. The predicted molar refractivity (Wildman–Crippen MR) is 233 cm³/mol. The Bertz CT molecular complexity index is 930. The lowest BCUT2D eigenvalue weighted by Gasteiger charge is -2.30. The average Bonchev–Trinajstić information content (AvgIpc) is 3.51. The number of thiol groups is 1. The van der Waals surface area contributed by atoms with E-state index in [2.05, 4.69) is 63.9 Å². The number of unbranched alkanes of at least 4 members (excludes halogenated alkanes) is 13. The highest BCUT2D eigenvalue weighted by atomic mass is 32.1. The largest absolute Gasteiger partial charge is 0.378 e. The fourth-order valence-electron chi connectivity index (χ4n) is 9.60. The number of carbonyl (C=O) groups excluding carboxylic acids is 2. The van der Waals surface area contributed by atoms with Crippen molar-refractivity contribution in [1.29, 1.82) is 0 Å². The Hall–Kier alpha value is -0.650. The molecule has 1 saturated heterocycles. The lowest BCUT2D eigenvalue weighted by molar-refractivity contribution is -0.125. The van der Waals surface area contributed by atoms with Crippen LogP contribution in [0.5, 0.6) is 0 Å². The van der Waals surface area contributed by atoms with Gasteiger partial charge in [-0.15, -0.1) is 0 Å². The van der Waals surface area contributed by atoms with E-state index in [1.165, 1.54) is 122 Å². The number of hydrogen-bond acceptors (Lipinski definition) is 5. The number of nitrogens with zero attached hydrogens (tertiary/aromatic N) is 1. The van der Waals surface area contributed by atoms with Crippen molar-refractivity contribution in [1.82, 2.24) is 4.31 Å². The normalized spacial score (nSPS) is 21.7. The third-order valence-electron chi connectivity index (χ3n) is 13.1. The molecule has 6 unspecified atom stereocenters. The van der Waals surface area contributed by atoms with Crippen molar-refractivity contribution < 1.29 is 14.3 Å². The first-order valence-electron chi connectivity index (χ1n) is 23.6. The quantitative estimate of drug-likeness (QED) is 0.0403. The van der Waals surface area contributed by atoms with Crippen molar-refractivity contribution in [2.24, 2.45) is 35.5 Å². The van der Waals surface area contributed by atoms with E-state index in [9.17, 15) is 9.59 Å². The molecule has 0 N–H and O–H groups in total. The van der Waals surface area contributed by atoms with Gasteiger partial charge in [0.05, 0.1) is 6.10 Å². The monoisotopic (exact) mass is 760 g/mol. The summed E-state index contributed by atoms with van der Waals surface area (Å²) in [5, 5.41) is 0. The van der Waals surface area contributed by atoms with Gasteiger partial charge in [0.1, 0.15) is 11.6 Å². The first kappa shape index (κ1) is 48.5. The topological polar surface area (TPSA) is 46.6 Å². The first-order valence-corrected chi connectivity index (χ1v) is 24.0. The molecule has 2 fully saturated rings. The molecule has 1 saturated carbocycles. The van der Waals surface area contributed by atoms with E-state index in [-0.39, 0.29) is 17.9 Å². The molecule has 0 spiro atoms. The van der Waals surface area contributed by atoms with Crippen LogP contribution in [0.3, 0.4) is 0 Å². The number of carbonyl (C=O) groups is 2. The van der Waals surface area contributed by atoms with Gasteiger partial charge < -0.3 is 4.74 Å². The van der Waals surface area contributed by atoms with Gasteiger partial charge in [-0.25, -0.2) is 0 Å². The molecule has 5 heteroatoms. The molecule has 0 radical (unpaired) electrons. The summed E-state index contributed by atoms with van der Waals surface area (Å²) in [4.78, 5) is 27.4. The Kier molecular flexibility index (Phi) is 28.8. The van der Waals surface area contributed by atoms with Crippen LogP contribution >= 0.6 is 12.8 Å². The zero-order valence-electron chi connectivity index (χ0n) is 35.9. The number of piperidine rings is 1. The molecule has 2 aliphatic rings. The molecule has 0 aromatic carbocycles. The van der Waals surface area contributed by atoms with Gasteiger partial charge in [-0.3, -0.25) is 13.9 Å². The van der Waals surface area contributed by atoms with Crippen molar-refractivity contribution in [3.63, 3.8) is 0 Å². The van der Waals surface area contributed by atoms with Crippen molar-refractivity contribution >= 4 is 24.4 Å². The highest BCUT2D eigenvalue weighted by Gasteiger charge is 2.38. The molecule has 310 valence electrons. The number of allylic oxidation sites excluding steroid dienone is 2. The SMILES string of the molecule is CC/C=C\CC1C(CC(=O)C2CCN(S)CC2)CCC1CC(C)OCCC(CCCCCCCC)CC(=O)C(CCCCCC)CCCCCCCC. The van der Waals surface area contributed by atoms with Crippen LogP contribution < -0.4 is 0 Å². The second-order valence-electron chi connectivity index (χ2n) is 17.7. The van der Waals surface area contributed by atoms with Crippen LogP contribution in [0.25, 0.3) is 0 Å². The smallest absolute Gasteiger partial charge is 0.136 e. The molecule has 0 bridgehead atoms. The fourth-order valence-corrected chi connectivity index (χ4v) is 9.83. The van der Waals surface area contributed by atoms with E-state index in [4.69, 9.17) is 4.74 Å². The molecule has 0 amide bonds. The van der Waals surface area contributed by atoms with Gasteiger partial charge in [-0.1, -0.05) is 155 Å². The minimum absolute atomic E-state index is 0.219. The average molecular weight is 760 g/mol. The zero-order chi connectivity index (χ0) is 38.5. The second-order valence-corrected chi connectivity index (χ2v) is 18.2. The molecule has 2 rings (SSSR count). The Labute approximate surface area is 336 Å². The van der Waals surface area contributed by atoms with E-state index in [0.717, 1.165) is 83.9 Å². The Morgan fingerprint density at radius 2 is 1.25 bits per heavy atom. The molecule has 0 aromatic heterocycles. The summed E-state index contributed by atoms with van der Waals surface area (Å²) in [6.07, 6.45) is 39.1. The van der Waals surface area contributed by atoms with E-state index >= 15 is 0 Å². The summed E-state index contributed by atoms with van der Waals surface area (Å²) in [5.41, 5.74) is 0. The molecule has 0 aromatic rings. The Morgan fingerprint density at radius 1 is 0.698 bits per heavy atom. The standard InChI is InChI=1S/C48H89NO3S/c1-6-10-14-17-19-22-25-41(38-47(50)42(26-23-16-12-8-3)27-24-20-18-15-11-7-2)33-36-52-40(5)37-44-29-30-45(46(44)28-21-13-9-4)39-48(51)43-31-34-49(53)35-32-43/h13,21,40-46,53H,6-12,14-20,22-39H2,1-5H3/b21-13-. The third-order valence-corrected chi connectivity index (χ3v) is 13.5. The fraction of sp³-hybridized carbons (Fsp3) is 0.917. The minimum atomic E-state index is 0.219. The molecular weight excluding hydrogens is 671 g/mol. The molecule has 1 aliphatic heterocycles. The first-order chi connectivity index (χ1) is 25.8. The van der Waals surface area contributed by atoms with Crippen molar-refractivity contribution in [3.8, 4) is 0 Å². The van der Waals surface area contributed by atoms with Crippen molar-refractivity contribution in [3.05, 3.63) is 12.2 Å². The van der Waals surface area contributed by atoms with Crippen LogP contribution in [-0.2, 0) is 14.3 Å². The Morgan fingerprint density at radius 3 is 1.85 bits per heavy atom. The highest BCUT2D eigenvalue weighted by molar-refractivity contribution is 7.77. The summed E-state index contributed by atoms with van der Waals surface area (Å²) < 4.78 is 8.69. The number of Topliss-reactive ketones (excluding diaryl/α,β-unsaturated/α-hetero) is 2. The van der Waals surface area contributed by atoms with E-state index in [1.807, 2.05) is 0 Å². The van der Waals surface area contributed by atoms with Crippen LogP contribution in [0.4, 0.5) is 0 Å². The maximum Gasteiger partial charge on any atom is 0.136 e. The van der Waals surface area contributed by atoms with Gasteiger partial charge in [-0.05, 0) is 101 Å². The van der Waals surface area contributed by atoms with Crippen LogP contribution in [-0.4, -0.2) is 41.7 Å². The molecule has 1 heterocycles. The molecule has 6 atom stereocenters. The van der Waals surface area contributed by atoms with E-state index in [1.54, 1.807) is 0 Å². The number of rotatable bonds is 34. The number of ether oxygens (including phenoxy) is 1. The summed E-state index contributed by atoms with van der Waals surface area (Å²) >= 11 is 4.51. The van der Waals surface area contributed by atoms with Gasteiger partial charge in [0.25, 0.3) is 0 Å². The van der Waals surface area contributed by atoms with Crippen molar-refractivity contribution in [2.75, 3.05) is 19.7 Å². The van der Waals surface area contributed by atoms with Crippen molar-refractivity contribution in [2.45, 2.75) is 227 Å². The maximum atomic E-state index is 14.0. The maximum absolute atomic E-state index is 14.0. The minimum Gasteiger partial charge on any atom is -0.378 e. The highest BCUT2D eigenvalue weighted by Crippen LogP contribution is 2.45. The molecule has 53 heavy (non-hydrogen) atoms.